The lowest BCUT2D eigenvalue weighted by Gasteiger charge is -2.37. The summed E-state index contributed by atoms with van der Waals surface area (Å²) in [6, 6.07) is 0. The molecular weight excluding hydrogens is 252 g/mol. The quantitative estimate of drug-likeness (QED) is 0.551. The third kappa shape index (κ3) is 5.25. The summed E-state index contributed by atoms with van der Waals surface area (Å²) in [5.74, 6) is -2.06. The fourth-order valence-corrected chi connectivity index (χ4v) is 2.06. The highest BCUT2D eigenvalue weighted by atomic mass is 16.5. The first kappa shape index (κ1) is 15.4. The fraction of sp³-hybridized carbons (Fsp3) is 0.750. The van der Waals surface area contributed by atoms with Crippen LogP contribution in [0.1, 0.15) is 32.1 Å². The number of hydrogen-bond donors (Lipinski definition) is 1. The summed E-state index contributed by atoms with van der Waals surface area (Å²) in [7, 11) is 1.28. The van der Waals surface area contributed by atoms with E-state index in [1.165, 1.54) is 12.1 Å². The van der Waals surface area contributed by atoms with Crippen LogP contribution in [0.3, 0.4) is 0 Å². The maximum absolute atomic E-state index is 11.9. The molecular formula is C12H20N2O5. The van der Waals surface area contributed by atoms with E-state index in [4.69, 9.17) is 5.11 Å². The number of amides is 1. The Labute approximate surface area is 112 Å². The highest BCUT2D eigenvalue weighted by Gasteiger charge is 2.25. The highest BCUT2D eigenvalue weighted by Crippen LogP contribution is 2.13. The van der Waals surface area contributed by atoms with Crippen molar-refractivity contribution in [1.82, 2.24) is 10.0 Å². The molecule has 0 atom stereocenters. The SMILES string of the molecule is COC(=O)CCN(C(=O)CC(=O)O)N1CCCCC1. The van der Waals surface area contributed by atoms with Crippen LogP contribution in [0.4, 0.5) is 0 Å². The molecule has 0 aliphatic carbocycles. The molecule has 1 rings (SSSR count). The number of carbonyl (C=O) groups excluding carboxylic acids is 2. The second-order valence-electron chi connectivity index (χ2n) is 4.43. The summed E-state index contributed by atoms with van der Waals surface area (Å²) in [6.07, 6.45) is 2.55. The number of carboxylic acids is 1. The second kappa shape index (κ2) is 7.73. The molecule has 108 valence electrons. The predicted octanol–water partition coefficient (Wildman–Crippen LogP) is 0.254. The lowest BCUT2D eigenvalue weighted by Crippen LogP contribution is -2.50. The number of nitrogens with zero attached hydrogens (tertiary/aromatic N) is 2. The summed E-state index contributed by atoms with van der Waals surface area (Å²) < 4.78 is 4.54. The van der Waals surface area contributed by atoms with Gasteiger partial charge in [0, 0.05) is 19.6 Å². The van der Waals surface area contributed by atoms with E-state index in [2.05, 4.69) is 4.74 Å². The van der Waals surface area contributed by atoms with E-state index in [1.54, 1.807) is 0 Å². The zero-order valence-electron chi connectivity index (χ0n) is 11.1. The number of piperidine rings is 1. The lowest BCUT2D eigenvalue weighted by molar-refractivity contribution is -0.157. The predicted molar refractivity (Wildman–Crippen MR) is 66.0 cm³/mol. The Balaban J connectivity index is 2.62. The average Bonchev–Trinajstić information content (AvgIpc) is 2.39. The monoisotopic (exact) mass is 272 g/mol. The molecule has 1 saturated heterocycles. The molecule has 7 nitrogen and oxygen atoms in total. The molecule has 1 fully saturated rings. The number of carboxylic acid groups (broad SMARTS) is 1. The van der Waals surface area contributed by atoms with Crippen molar-refractivity contribution >= 4 is 17.8 Å². The average molecular weight is 272 g/mol. The van der Waals surface area contributed by atoms with Crippen molar-refractivity contribution < 1.29 is 24.2 Å². The smallest absolute Gasteiger partial charge is 0.312 e. The highest BCUT2D eigenvalue weighted by molar-refractivity contribution is 5.93. The standard InChI is InChI=1S/C12H20N2O5/c1-19-12(18)5-8-14(10(15)9-11(16)17)13-6-3-2-4-7-13/h2-9H2,1H3,(H,16,17). The van der Waals surface area contributed by atoms with Crippen LogP contribution in [-0.4, -0.2) is 59.7 Å². The van der Waals surface area contributed by atoms with Crippen LogP contribution in [-0.2, 0) is 19.1 Å². The van der Waals surface area contributed by atoms with E-state index in [1.807, 2.05) is 5.01 Å². The molecule has 19 heavy (non-hydrogen) atoms. The molecule has 0 saturated carbocycles. The van der Waals surface area contributed by atoms with Gasteiger partial charge in [0.05, 0.1) is 13.5 Å². The first-order valence-corrected chi connectivity index (χ1v) is 6.38. The summed E-state index contributed by atoms with van der Waals surface area (Å²) in [5.41, 5.74) is 0. The number of hydrogen-bond acceptors (Lipinski definition) is 5. The number of esters is 1. The molecule has 1 amide bonds. The first-order chi connectivity index (χ1) is 9.04. The van der Waals surface area contributed by atoms with E-state index in [-0.39, 0.29) is 13.0 Å². The number of hydrazine groups is 1. The molecule has 0 aromatic carbocycles. The Bertz CT molecular complexity index is 339. The van der Waals surface area contributed by atoms with Crippen molar-refractivity contribution in [3.05, 3.63) is 0 Å². The fourth-order valence-electron chi connectivity index (χ4n) is 2.06. The normalized spacial score (nSPS) is 15.8. The van der Waals surface area contributed by atoms with Crippen LogP contribution in [0.25, 0.3) is 0 Å². The van der Waals surface area contributed by atoms with Crippen LogP contribution in [0, 0.1) is 0 Å². The Morgan fingerprint density at radius 3 is 2.37 bits per heavy atom. The van der Waals surface area contributed by atoms with Crippen molar-refractivity contribution in [1.29, 1.82) is 0 Å². The van der Waals surface area contributed by atoms with Gasteiger partial charge in [0.1, 0.15) is 6.42 Å². The number of methoxy groups -OCH3 is 1. The van der Waals surface area contributed by atoms with Gasteiger partial charge in [-0.2, -0.15) is 0 Å². The molecule has 0 unspecified atom stereocenters. The molecule has 0 radical (unpaired) electrons. The summed E-state index contributed by atoms with van der Waals surface area (Å²) >= 11 is 0. The van der Waals surface area contributed by atoms with Gasteiger partial charge in [0.25, 0.3) is 0 Å². The molecule has 0 bridgehead atoms. The molecule has 1 heterocycles. The molecule has 1 aliphatic heterocycles. The number of carbonyl (C=O) groups is 3. The van der Waals surface area contributed by atoms with E-state index in [0.29, 0.717) is 13.1 Å². The molecule has 0 spiro atoms. The van der Waals surface area contributed by atoms with Crippen molar-refractivity contribution in [3.8, 4) is 0 Å². The van der Waals surface area contributed by atoms with Crippen LogP contribution < -0.4 is 0 Å². The minimum Gasteiger partial charge on any atom is -0.481 e. The molecule has 1 N–H and O–H groups in total. The van der Waals surface area contributed by atoms with E-state index >= 15 is 0 Å². The van der Waals surface area contributed by atoms with Crippen LogP contribution in [0.5, 0.6) is 0 Å². The van der Waals surface area contributed by atoms with E-state index in [9.17, 15) is 14.4 Å². The van der Waals surface area contributed by atoms with Gasteiger partial charge in [-0.15, -0.1) is 0 Å². The van der Waals surface area contributed by atoms with Gasteiger partial charge < -0.3 is 9.84 Å². The summed E-state index contributed by atoms with van der Waals surface area (Å²) in [6.45, 7) is 1.60. The third-order valence-corrected chi connectivity index (χ3v) is 3.02. The van der Waals surface area contributed by atoms with Crippen LogP contribution in [0.2, 0.25) is 0 Å². The molecule has 0 aromatic heterocycles. The minimum absolute atomic E-state index is 0.0678. The van der Waals surface area contributed by atoms with E-state index < -0.39 is 24.3 Å². The Kier molecular flexibility index (Phi) is 6.27. The molecule has 7 heteroatoms. The largest absolute Gasteiger partial charge is 0.481 e. The maximum Gasteiger partial charge on any atom is 0.312 e. The summed E-state index contributed by atoms with van der Waals surface area (Å²) in [4.78, 5) is 33.7. The first-order valence-electron chi connectivity index (χ1n) is 6.38. The minimum atomic E-state index is -1.16. The van der Waals surface area contributed by atoms with Gasteiger partial charge in [-0.05, 0) is 12.8 Å². The number of rotatable bonds is 6. The van der Waals surface area contributed by atoms with Gasteiger partial charge in [-0.25, -0.2) is 5.01 Å². The van der Waals surface area contributed by atoms with Crippen LogP contribution in [0.15, 0.2) is 0 Å². The number of aliphatic carboxylic acids is 1. The Hall–Kier alpha value is -1.63. The lowest BCUT2D eigenvalue weighted by atomic mass is 10.1. The van der Waals surface area contributed by atoms with Gasteiger partial charge in [0.2, 0.25) is 5.91 Å². The topological polar surface area (TPSA) is 87.1 Å². The van der Waals surface area contributed by atoms with Crippen molar-refractivity contribution in [2.45, 2.75) is 32.1 Å². The Morgan fingerprint density at radius 1 is 1.21 bits per heavy atom. The van der Waals surface area contributed by atoms with Crippen molar-refractivity contribution in [2.24, 2.45) is 0 Å². The summed E-state index contributed by atoms with van der Waals surface area (Å²) in [5, 5.41) is 11.9. The van der Waals surface area contributed by atoms with Gasteiger partial charge in [-0.3, -0.25) is 19.4 Å². The zero-order chi connectivity index (χ0) is 14.3. The van der Waals surface area contributed by atoms with Crippen LogP contribution >= 0.6 is 0 Å². The Morgan fingerprint density at radius 2 is 1.84 bits per heavy atom. The van der Waals surface area contributed by atoms with Gasteiger partial charge >= 0.3 is 11.9 Å². The molecule has 1 aliphatic rings. The number of ether oxygens (including phenoxy) is 1. The molecule has 0 aromatic rings. The second-order valence-corrected chi connectivity index (χ2v) is 4.43. The maximum atomic E-state index is 11.9. The third-order valence-electron chi connectivity index (χ3n) is 3.02. The van der Waals surface area contributed by atoms with Gasteiger partial charge in [0.15, 0.2) is 0 Å². The van der Waals surface area contributed by atoms with Gasteiger partial charge in [-0.1, -0.05) is 6.42 Å². The zero-order valence-corrected chi connectivity index (χ0v) is 11.1. The van der Waals surface area contributed by atoms with Crippen molar-refractivity contribution in [3.63, 3.8) is 0 Å². The van der Waals surface area contributed by atoms with E-state index in [0.717, 1.165) is 19.3 Å². The van der Waals surface area contributed by atoms with Crippen molar-refractivity contribution in [2.75, 3.05) is 26.7 Å².